The van der Waals surface area contributed by atoms with Crippen molar-refractivity contribution >= 4 is 16.0 Å². The van der Waals surface area contributed by atoms with Crippen molar-refractivity contribution < 1.29 is 119 Å². The van der Waals surface area contributed by atoms with Crippen molar-refractivity contribution in [3.63, 3.8) is 0 Å². The average molecular weight is 733 g/mol. The minimum absolute atomic E-state index is 0.138. The number of sulfonamides is 1. The van der Waals surface area contributed by atoms with Crippen molar-refractivity contribution in [3.05, 3.63) is 11.7 Å². The summed E-state index contributed by atoms with van der Waals surface area (Å²) in [7, 11) is -10.8. The van der Waals surface area contributed by atoms with E-state index in [1.807, 2.05) is 0 Å². The molecule has 0 unspecified atom stereocenters. The number of halogens is 23. The molecule has 0 spiro atoms. The zero-order valence-electron chi connectivity index (χ0n) is 19.7. The van der Waals surface area contributed by atoms with Crippen LogP contribution in [-0.2, 0) is 19.6 Å². The lowest BCUT2D eigenvalue weighted by molar-refractivity contribution is -0.458. The monoisotopic (exact) mass is 733 g/mol. The molecule has 44 heavy (non-hydrogen) atoms. The number of hydrogen-bond acceptors (Lipinski definition) is 4. The average Bonchev–Trinajstić information content (AvgIpc) is 2.80. The molecule has 29 heteroatoms. The number of rotatable bonds is 12. The Hall–Kier alpha value is -2.49. The Morgan fingerprint density at radius 1 is 0.568 bits per heavy atom. The number of methoxy groups -OCH3 is 1. The zero-order chi connectivity index (χ0) is 36.5. The molecule has 0 radical (unpaired) electrons. The summed E-state index contributed by atoms with van der Waals surface area (Å²) in [5.74, 6) is -65.3. The number of ether oxygens (including phenoxy) is 1. The van der Waals surface area contributed by atoms with Crippen LogP contribution in [0.3, 0.4) is 0 Å². The summed E-state index contributed by atoms with van der Waals surface area (Å²) >= 11 is 0. The summed E-state index contributed by atoms with van der Waals surface area (Å²) in [5, 5.41) is -8.73. The maximum Gasteiger partial charge on any atom is 0.460 e. The quantitative estimate of drug-likeness (QED) is 0.0963. The van der Waals surface area contributed by atoms with Gasteiger partial charge in [-0.1, -0.05) is 0 Å². The highest BCUT2D eigenvalue weighted by atomic mass is 32.2. The third-order valence-corrected chi connectivity index (χ3v) is 6.90. The molecule has 0 N–H and O–H groups in total. The molecule has 0 aliphatic rings. The van der Waals surface area contributed by atoms with Crippen LogP contribution in [0.2, 0.25) is 0 Å². The van der Waals surface area contributed by atoms with Gasteiger partial charge in [-0.25, -0.2) is 13.2 Å². The van der Waals surface area contributed by atoms with Crippen LogP contribution in [0.5, 0.6) is 0 Å². The van der Waals surface area contributed by atoms with Crippen molar-refractivity contribution in [1.82, 2.24) is 4.31 Å². The Morgan fingerprint density at radius 2 is 0.864 bits per heavy atom. The largest absolute Gasteiger partial charge is 0.465 e. The zero-order valence-corrected chi connectivity index (χ0v) is 20.5. The van der Waals surface area contributed by atoms with Gasteiger partial charge in [-0.3, -0.25) is 0 Å². The number of alkyl halides is 21. The van der Waals surface area contributed by atoms with Crippen LogP contribution in [-0.4, -0.2) is 91.8 Å². The van der Waals surface area contributed by atoms with Crippen LogP contribution in [0.1, 0.15) is 0 Å². The Kier molecular flexibility index (Phi) is 10.2. The first kappa shape index (κ1) is 41.5. The molecule has 0 saturated heterocycles. The molecule has 0 aliphatic carbocycles. The molecule has 5 nitrogen and oxygen atoms in total. The summed E-state index contributed by atoms with van der Waals surface area (Å²) < 4.78 is 331. The minimum Gasteiger partial charge on any atom is -0.465 e. The van der Waals surface area contributed by atoms with E-state index in [-0.39, 0.29) is 7.11 Å². The van der Waals surface area contributed by atoms with Gasteiger partial charge in [-0.05, 0) is 0 Å². The van der Waals surface area contributed by atoms with Crippen molar-refractivity contribution in [1.29, 1.82) is 0 Å². The van der Waals surface area contributed by atoms with Gasteiger partial charge in [0.2, 0.25) is 0 Å². The highest BCUT2D eigenvalue weighted by Crippen LogP contribution is 2.65. The maximum atomic E-state index is 14.1. The summed E-state index contributed by atoms with van der Waals surface area (Å²) in [4.78, 5) is 11.0. The fraction of sp³-hybridized carbons (Fsp3) is 0.800. The van der Waals surface area contributed by atoms with E-state index < -0.39 is 97.9 Å². The molecule has 0 bridgehead atoms. The van der Waals surface area contributed by atoms with Gasteiger partial charge in [-0.15, -0.1) is 4.31 Å². The Balaban J connectivity index is 7.41. The second-order valence-corrected chi connectivity index (χ2v) is 9.69. The topological polar surface area (TPSA) is 63.7 Å². The minimum atomic E-state index is -9.37. The van der Waals surface area contributed by atoms with Crippen LogP contribution >= 0.6 is 0 Å². The lowest BCUT2D eigenvalue weighted by atomic mass is 9.91. The molecule has 0 heterocycles. The smallest absolute Gasteiger partial charge is 0.460 e. The van der Waals surface area contributed by atoms with Crippen molar-refractivity contribution in [2.24, 2.45) is 0 Å². The standard InChI is InChI=1S/C15H6F23NO4S/c1-39(14(35,36)6(18,19)3(4(16)17)5(40)43-2)44(41,42)15(37,38)12(30,31)10(26,27)8(22,23)7(20,21)9(24,25)11(28,29)13(32,33)34/h1-2H3. The van der Waals surface area contributed by atoms with E-state index in [9.17, 15) is 114 Å². The summed E-state index contributed by atoms with van der Waals surface area (Å²) in [6.07, 6.45) is -12.4. The van der Waals surface area contributed by atoms with E-state index in [0.717, 1.165) is 0 Å². The number of carbonyl (C=O) groups excluding carboxylic acids is 1. The first-order valence-electron chi connectivity index (χ1n) is 9.30. The molecule has 0 rings (SSSR count). The van der Waals surface area contributed by atoms with E-state index in [2.05, 4.69) is 4.74 Å². The SMILES string of the molecule is COC(=O)C(=C(F)F)C(F)(F)C(F)(F)N(C)S(=O)(=O)C(F)(F)C(F)(F)C(F)(F)C(F)(F)C(F)(F)C(F)(F)C(F)(F)C(F)(F)F. The molecule has 0 atom stereocenters. The van der Waals surface area contributed by atoms with Gasteiger partial charge in [-0.2, -0.15) is 101 Å². The van der Waals surface area contributed by atoms with Crippen LogP contribution < -0.4 is 0 Å². The lowest BCUT2D eigenvalue weighted by Gasteiger charge is -2.43. The van der Waals surface area contributed by atoms with Gasteiger partial charge in [0.25, 0.3) is 16.1 Å². The predicted molar refractivity (Wildman–Crippen MR) is 88.5 cm³/mol. The first-order chi connectivity index (χ1) is 18.7. The third kappa shape index (κ3) is 5.17. The van der Waals surface area contributed by atoms with Crippen molar-refractivity contribution in [2.75, 3.05) is 14.2 Å². The van der Waals surface area contributed by atoms with Crippen molar-refractivity contribution in [3.8, 4) is 0 Å². The van der Waals surface area contributed by atoms with E-state index in [0.29, 0.717) is 0 Å². The molecule has 0 aliphatic heterocycles. The normalized spacial score (nSPS) is 15.9. The molecule has 0 aromatic carbocycles. The Labute approximate surface area is 225 Å². The fourth-order valence-corrected chi connectivity index (χ4v) is 3.62. The first-order valence-corrected chi connectivity index (χ1v) is 10.7. The highest BCUT2D eigenvalue weighted by Gasteiger charge is 2.96. The van der Waals surface area contributed by atoms with Crippen molar-refractivity contribution in [2.45, 2.75) is 58.9 Å². The molecule has 0 amide bonds. The van der Waals surface area contributed by atoms with Crippen LogP contribution in [0.4, 0.5) is 101 Å². The summed E-state index contributed by atoms with van der Waals surface area (Å²) in [6, 6.07) is -7.51. The number of esters is 1. The van der Waals surface area contributed by atoms with Gasteiger partial charge in [0.15, 0.2) is 5.57 Å². The Morgan fingerprint density at radius 3 is 1.14 bits per heavy atom. The van der Waals surface area contributed by atoms with Gasteiger partial charge in [0.05, 0.1) is 7.11 Å². The molecule has 262 valence electrons. The Bertz CT molecular complexity index is 1250. The summed E-state index contributed by atoms with van der Waals surface area (Å²) in [5.41, 5.74) is -3.97. The van der Waals surface area contributed by atoms with E-state index in [1.54, 1.807) is 0 Å². The highest BCUT2D eigenvalue weighted by molar-refractivity contribution is 7.90. The van der Waals surface area contributed by atoms with E-state index in [4.69, 9.17) is 0 Å². The number of nitrogens with zero attached hydrogens (tertiary/aromatic N) is 1. The van der Waals surface area contributed by atoms with Gasteiger partial charge >= 0.3 is 64.9 Å². The molecule has 0 saturated carbocycles. The maximum absolute atomic E-state index is 14.1. The second-order valence-electron chi connectivity index (χ2n) is 7.68. The molecule has 0 aromatic heterocycles. The number of hydrogen-bond donors (Lipinski definition) is 0. The molecular formula is C15H6F23NO4S. The molecule has 0 aromatic rings. The third-order valence-electron chi connectivity index (χ3n) is 5.04. The lowest BCUT2D eigenvalue weighted by Crippen LogP contribution is -2.75. The number of carbonyl (C=O) groups is 1. The fourth-order valence-electron chi connectivity index (χ4n) is 2.41. The van der Waals surface area contributed by atoms with E-state index in [1.165, 1.54) is 0 Å². The van der Waals surface area contributed by atoms with E-state index >= 15 is 0 Å². The van der Waals surface area contributed by atoms with Gasteiger partial charge in [0, 0.05) is 7.05 Å². The predicted octanol–water partition coefficient (Wildman–Crippen LogP) is 6.77. The van der Waals surface area contributed by atoms with Crippen LogP contribution in [0, 0.1) is 0 Å². The molecule has 0 fully saturated rings. The van der Waals surface area contributed by atoms with Crippen LogP contribution in [0.15, 0.2) is 11.7 Å². The second kappa shape index (κ2) is 10.8. The van der Waals surface area contributed by atoms with Crippen LogP contribution in [0.25, 0.3) is 0 Å². The van der Waals surface area contributed by atoms with Gasteiger partial charge in [0.1, 0.15) is 0 Å². The molecular weight excluding hydrogens is 727 g/mol. The van der Waals surface area contributed by atoms with Gasteiger partial charge < -0.3 is 4.74 Å². The summed E-state index contributed by atoms with van der Waals surface area (Å²) in [6.45, 7) is 0.